The summed E-state index contributed by atoms with van der Waals surface area (Å²) in [7, 11) is -3.56. The highest BCUT2D eigenvalue weighted by molar-refractivity contribution is 7.94. The van der Waals surface area contributed by atoms with Crippen molar-refractivity contribution < 1.29 is 13.2 Å². The lowest BCUT2D eigenvalue weighted by molar-refractivity contribution is -0.118. The number of anilines is 2. The average Bonchev–Trinajstić information content (AvgIpc) is 2.94. The Morgan fingerprint density at radius 2 is 2.00 bits per heavy atom. The van der Waals surface area contributed by atoms with E-state index in [4.69, 9.17) is 0 Å². The van der Waals surface area contributed by atoms with Crippen molar-refractivity contribution in [1.29, 1.82) is 0 Å². The number of sulfonamides is 1. The van der Waals surface area contributed by atoms with Crippen LogP contribution in [0.2, 0.25) is 0 Å². The fraction of sp³-hybridized carbons (Fsp3) is 0.312. The molecule has 7 heteroatoms. The monoisotopic (exact) mass is 350 g/mol. The van der Waals surface area contributed by atoms with Crippen molar-refractivity contribution in [3.05, 3.63) is 40.8 Å². The van der Waals surface area contributed by atoms with Crippen LogP contribution in [0.1, 0.15) is 23.8 Å². The van der Waals surface area contributed by atoms with E-state index in [2.05, 4.69) is 4.72 Å². The Balaban J connectivity index is 1.90. The molecule has 5 nitrogen and oxygen atoms in total. The maximum atomic E-state index is 12.4. The maximum absolute atomic E-state index is 12.4. The van der Waals surface area contributed by atoms with Gasteiger partial charge in [-0.15, -0.1) is 11.3 Å². The zero-order valence-corrected chi connectivity index (χ0v) is 14.6. The van der Waals surface area contributed by atoms with Crippen molar-refractivity contribution in [1.82, 2.24) is 0 Å². The second kappa shape index (κ2) is 5.98. The summed E-state index contributed by atoms with van der Waals surface area (Å²) < 4.78 is 27.7. The van der Waals surface area contributed by atoms with Crippen molar-refractivity contribution in [3.8, 4) is 0 Å². The number of amides is 1. The number of thiophene rings is 1. The molecule has 0 bridgehead atoms. The number of nitrogens with zero attached hydrogens (tertiary/aromatic N) is 1. The SMILES string of the molecule is CCN1C(=O)CCc2cc(NS(=O)(=O)c3ccc(C)s3)ccc21. The summed E-state index contributed by atoms with van der Waals surface area (Å²) in [6.07, 6.45) is 1.10. The van der Waals surface area contributed by atoms with Crippen LogP contribution in [0.15, 0.2) is 34.5 Å². The van der Waals surface area contributed by atoms with Gasteiger partial charge in [-0.1, -0.05) is 0 Å². The first-order chi connectivity index (χ1) is 10.9. The van der Waals surface area contributed by atoms with Crippen LogP contribution in [0.4, 0.5) is 11.4 Å². The molecular formula is C16H18N2O3S2. The lowest BCUT2D eigenvalue weighted by atomic mass is 10.0. The van der Waals surface area contributed by atoms with Crippen LogP contribution in [0, 0.1) is 6.92 Å². The maximum Gasteiger partial charge on any atom is 0.271 e. The minimum absolute atomic E-state index is 0.113. The molecular weight excluding hydrogens is 332 g/mol. The topological polar surface area (TPSA) is 66.5 Å². The van der Waals surface area contributed by atoms with E-state index in [0.29, 0.717) is 29.3 Å². The molecule has 0 aliphatic carbocycles. The summed E-state index contributed by atoms with van der Waals surface area (Å²) >= 11 is 1.24. The Kier molecular flexibility index (Phi) is 4.16. The standard InChI is InChI=1S/C16H18N2O3S2/c1-3-18-14-7-6-13(10-12(14)5-8-15(18)19)17-23(20,21)16-9-4-11(2)22-16/h4,6-7,9-10,17H,3,5,8H2,1-2H3. The van der Waals surface area contributed by atoms with Crippen molar-refractivity contribution in [2.45, 2.75) is 30.9 Å². The average molecular weight is 350 g/mol. The molecule has 1 aliphatic rings. The van der Waals surface area contributed by atoms with Gasteiger partial charge >= 0.3 is 0 Å². The van der Waals surface area contributed by atoms with E-state index in [1.54, 1.807) is 23.1 Å². The first-order valence-corrected chi connectivity index (χ1v) is 9.73. The third-order valence-electron chi connectivity index (χ3n) is 3.83. The fourth-order valence-electron chi connectivity index (χ4n) is 2.73. The van der Waals surface area contributed by atoms with Gasteiger partial charge in [0.1, 0.15) is 4.21 Å². The third kappa shape index (κ3) is 3.11. The van der Waals surface area contributed by atoms with Crippen molar-refractivity contribution in [2.75, 3.05) is 16.2 Å². The number of hydrogen-bond acceptors (Lipinski definition) is 4. The second-order valence-electron chi connectivity index (χ2n) is 5.45. The Morgan fingerprint density at radius 1 is 1.22 bits per heavy atom. The Labute approximate surface area is 140 Å². The van der Waals surface area contributed by atoms with Crippen LogP contribution in [0.25, 0.3) is 0 Å². The second-order valence-corrected chi connectivity index (χ2v) is 8.65. The van der Waals surface area contributed by atoms with Gasteiger partial charge in [0.2, 0.25) is 5.91 Å². The Morgan fingerprint density at radius 3 is 2.65 bits per heavy atom. The zero-order chi connectivity index (χ0) is 16.6. The van der Waals surface area contributed by atoms with Gasteiger partial charge in [0.25, 0.3) is 10.0 Å². The molecule has 1 amide bonds. The van der Waals surface area contributed by atoms with Gasteiger partial charge in [-0.2, -0.15) is 0 Å². The molecule has 1 aromatic carbocycles. The van der Waals surface area contributed by atoms with Crippen LogP contribution in [0.5, 0.6) is 0 Å². The van der Waals surface area contributed by atoms with Crippen molar-refractivity contribution in [3.63, 3.8) is 0 Å². The van der Waals surface area contributed by atoms with E-state index in [0.717, 1.165) is 16.1 Å². The summed E-state index contributed by atoms with van der Waals surface area (Å²) in [6.45, 7) is 4.42. The first-order valence-electron chi connectivity index (χ1n) is 7.43. The van der Waals surface area contributed by atoms with Crippen LogP contribution in [-0.4, -0.2) is 20.9 Å². The summed E-state index contributed by atoms with van der Waals surface area (Å²) in [4.78, 5) is 14.6. The number of benzene rings is 1. The number of nitrogens with one attached hydrogen (secondary N) is 1. The van der Waals surface area contributed by atoms with E-state index in [-0.39, 0.29) is 5.91 Å². The molecule has 1 aromatic heterocycles. The highest BCUT2D eigenvalue weighted by Gasteiger charge is 2.24. The lowest BCUT2D eigenvalue weighted by Gasteiger charge is -2.28. The number of aryl methyl sites for hydroxylation is 2. The molecule has 2 heterocycles. The largest absolute Gasteiger partial charge is 0.312 e. The Hall–Kier alpha value is -1.86. The quantitative estimate of drug-likeness (QED) is 0.921. The number of carbonyl (C=O) groups excluding carboxylic acids is 1. The van der Waals surface area contributed by atoms with Crippen LogP contribution in [-0.2, 0) is 21.2 Å². The molecule has 0 saturated heterocycles. The number of carbonyl (C=O) groups is 1. The summed E-state index contributed by atoms with van der Waals surface area (Å²) in [5.74, 6) is 0.113. The summed E-state index contributed by atoms with van der Waals surface area (Å²) in [5, 5.41) is 0. The molecule has 0 unspecified atom stereocenters. The zero-order valence-electron chi connectivity index (χ0n) is 13.0. The van der Waals surface area contributed by atoms with Crippen molar-refractivity contribution >= 4 is 38.6 Å². The molecule has 0 spiro atoms. The summed E-state index contributed by atoms with van der Waals surface area (Å²) in [5.41, 5.74) is 2.40. The molecule has 0 atom stereocenters. The van der Waals surface area contributed by atoms with Gasteiger partial charge in [-0.05, 0) is 56.2 Å². The number of rotatable bonds is 4. The van der Waals surface area contributed by atoms with Gasteiger partial charge in [0, 0.05) is 29.2 Å². The van der Waals surface area contributed by atoms with E-state index in [1.807, 2.05) is 26.0 Å². The lowest BCUT2D eigenvalue weighted by Crippen LogP contribution is -2.34. The van der Waals surface area contributed by atoms with Gasteiger partial charge < -0.3 is 4.90 Å². The minimum Gasteiger partial charge on any atom is -0.312 e. The number of hydrogen-bond donors (Lipinski definition) is 1. The minimum atomic E-state index is -3.56. The van der Waals surface area contributed by atoms with Gasteiger partial charge in [0.05, 0.1) is 0 Å². The molecule has 1 N–H and O–H groups in total. The third-order valence-corrected chi connectivity index (χ3v) is 6.70. The van der Waals surface area contributed by atoms with Crippen LogP contribution >= 0.6 is 11.3 Å². The van der Waals surface area contributed by atoms with Crippen LogP contribution < -0.4 is 9.62 Å². The fourth-order valence-corrected chi connectivity index (χ4v) is 5.06. The number of fused-ring (bicyclic) bond motifs is 1. The van der Waals surface area contributed by atoms with E-state index in [9.17, 15) is 13.2 Å². The van der Waals surface area contributed by atoms with Crippen molar-refractivity contribution in [2.24, 2.45) is 0 Å². The molecule has 1 aliphatic heterocycles. The predicted molar refractivity (Wildman–Crippen MR) is 92.7 cm³/mol. The Bertz CT molecular complexity index is 856. The van der Waals surface area contributed by atoms with E-state index < -0.39 is 10.0 Å². The molecule has 2 aromatic rings. The molecule has 122 valence electrons. The van der Waals surface area contributed by atoms with Gasteiger partial charge in [0.15, 0.2) is 0 Å². The molecule has 0 radical (unpaired) electrons. The molecule has 3 rings (SSSR count). The van der Waals surface area contributed by atoms with Crippen LogP contribution in [0.3, 0.4) is 0 Å². The normalized spacial score (nSPS) is 14.7. The van der Waals surface area contributed by atoms with E-state index >= 15 is 0 Å². The first kappa shape index (κ1) is 16.0. The molecule has 0 fully saturated rings. The molecule has 0 saturated carbocycles. The molecule has 23 heavy (non-hydrogen) atoms. The smallest absolute Gasteiger partial charge is 0.271 e. The van der Waals surface area contributed by atoms with Gasteiger partial charge in [-0.25, -0.2) is 8.42 Å². The highest BCUT2D eigenvalue weighted by atomic mass is 32.2. The van der Waals surface area contributed by atoms with Gasteiger partial charge in [-0.3, -0.25) is 9.52 Å². The predicted octanol–water partition coefficient (Wildman–Crippen LogP) is 3.16. The highest BCUT2D eigenvalue weighted by Crippen LogP contribution is 2.31. The summed E-state index contributed by atoms with van der Waals surface area (Å²) in [6, 6.07) is 8.74. The van der Waals surface area contributed by atoms with E-state index in [1.165, 1.54) is 11.3 Å².